The topological polar surface area (TPSA) is 540 Å². The zero-order valence-corrected chi connectivity index (χ0v) is 88.0. The molecule has 20 heterocycles. The highest BCUT2D eigenvalue weighted by molar-refractivity contribution is 7.99. The molecule has 50 heteroatoms. The minimum atomic E-state index is -1.07. The number of nitrogen functional groups attached to an aromatic ring is 4. The van der Waals surface area contributed by atoms with Gasteiger partial charge in [0.1, 0.15) is 77.9 Å². The molecule has 0 radical (unpaired) electrons. The van der Waals surface area contributed by atoms with Crippen LogP contribution in [0.2, 0.25) is 0 Å². The van der Waals surface area contributed by atoms with E-state index >= 15 is 0 Å². The highest BCUT2D eigenvalue weighted by Crippen LogP contribution is 2.44. The van der Waals surface area contributed by atoms with Crippen LogP contribution in [0.15, 0.2) is 50.6 Å². The second-order valence-corrected chi connectivity index (χ2v) is 43.8. The van der Waals surface area contributed by atoms with Crippen molar-refractivity contribution in [2.75, 3.05) is 176 Å². The number of carbonyl (C=O) groups is 6. The molecule has 0 unspecified atom stereocenters. The first-order chi connectivity index (χ1) is 70.9. The molecular weight excluding hydrogens is 1960 g/mol. The van der Waals surface area contributed by atoms with E-state index in [1.807, 2.05) is 25.0 Å². The number of carbonyl (C=O) groups excluding carboxylic acids is 6. The number of imidazole rings is 4. The third kappa shape index (κ3) is 24.8. The van der Waals surface area contributed by atoms with Crippen molar-refractivity contribution in [1.82, 2.24) is 117 Å². The molecule has 146 heavy (non-hydrogen) atoms. The summed E-state index contributed by atoms with van der Waals surface area (Å²) in [6, 6.07) is 2.10. The molecule has 8 aromatic rings. The number of aliphatic hydroxyl groups excluding tert-OH is 2. The molecule has 12 aliphatic heterocycles. The van der Waals surface area contributed by atoms with Crippen LogP contribution in [0.5, 0.6) is 0 Å². The summed E-state index contributed by atoms with van der Waals surface area (Å²) >= 11 is 6.26. The van der Waals surface area contributed by atoms with Crippen LogP contribution in [0.1, 0.15) is 181 Å². The van der Waals surface area contributed by atoms with Crippen molar-refractivity contribution in [2.24, 2.45) is 11.8 Å². The number of nitrogens with zero attached hydrogens (tertiary/aromatic N) is 24. The number of piperidine rings is 8. The summed E-state index contributed by atoms with van der Waals surface area (Å²) in [5.74, 6) is 1.75. The first-order valence-corrected chi connectivity index (χ1v) is 57.3. The summed E-state index contributed by atoms with van der Waals surface area (Å²) in [6.45, 7) is 21.5. The average molecular weight is 2110 g/mol. The summed E-state index contributed by atoms with van der Waals surface area (Å²) in [5, 5.41) is 22.1. The molecule has 12 saturated heterocycles. The van der Waals surface area contributed by atoms with Gasteiger partial charge in [-0.25, -0.2) is 79.0 Å². The lowest BCUT2D eigenvalue weighted by Gasteiger charge is -2.40. The average Bonchev–Trinajstić information content (AvgIpc) is 1.72. The van der Waals surface area contributed by atoms with Crippen molar-refractivity contribution < 1.29 is 86.3 Å². The van der Waals surface area contributed by atoms with E-state index < -0.39 is 129 Å². The number of amides is 4. The molecule has 0 spiro atoms. The Morgan fingerprint density at radius 1 is 0.308 bits per heavy atom. The molecule has 800 valence electrons. The Hall–Kier alpha value is -9.58. The van der Waals surface area contributed by atoms with Gasteiger partial charge in [0.2, 0.25) is 0 Å². The number of aromatic nitrogens is 16. The van der Waals surface area contributed by atoms with Gasteiger partial charge >= 0.3 is 36.3 Å². The van der Waals surface area contributed by atoms with Gasteiger partial charge in [-0.2, -0.15) is 47.0 Å². The van der Waals surface area contributed by atoms with Gasteiger partial charge in [0.15, 0.2) is 107 Å². The third-order valence-electron chi connectivity index (χ3n) is 30.1. The SMILES string of the molecule is CSC[C@H]1O[C@@H](n2cnc3c(N)ncnc32)[C@H](O)[C@@H]1OC(=O)N1CCC(N2CCCCC2)CC1.CSC[C@H]1O[C@@H](n2cnc3c(N)ncnc32)[C@H](OC(=O)C(C)C)[C@@H]1OC(=O)N1CCC(N2CCCCC2)CC1.CSC[C@H]1O[C@@H](n2cnc3c(N)ncnc32)[C@H](OC(=O)N2CCC(N3CCCCC3)CC2)[C@@H]1O.CSC[C@H]1O[C@@H](n2cnc3c(N)ncnc32)[C@H](OC(=O)N2CCC(N3CCCCC3)CC2)[C@@H]1OC(=O)C(C)C. The van der Waals surface area contributed by atoms with Gasteiger partial charge in [-0.15, -0.1) is 0 Å². The Bertz CT molecular complexity index is 5630. The first-order valence-electron chi connectivity index (χ1n) is 51.7. The van der Waals surface area contributed by atoms with Crippen molar-refractivity contribution in [3.63, 3.8) is 0 Å². The number of rotatable bonds is 24. The van der Waals surface area contributed by atoms with E-state index in [-0.39, 0.29) is 41.1 Å². The van der Waals surface area contributed by atoms with Gasteiger partial charge in [-0.3, -0.25) is 27.9 Å². The molecule has 46 nitrogen and oxygen atoms in total. The molecule has 10 N–H and O–H groups in total. The minimum Gasteiger partial charge on any atom is -0.455 e. The maximum atomic E-state index is 13.5. The van der Waals surface area contributed by atoms with Crippen LogP contribution in [0.3, 0.4) is 0 Å². The van der Waals surface area contributed by atoms with E-state index in [0.29, 0.717) is 144 Å². The number of hydrogen-bond donors (Lipinski definition) is 6. The summed E-state index contributed by atoms with van der Waals surface area (Å²) in [4.78, 5) is 146. The molecule has 16 atom stereocenters. The van der Waals surface area contributed by atoms with E-state index in [4.69, 9.17) is 70.3 Å². The Morgan fingerprint density at radius 2 is 0.548 bits per heavy atom. The van der Waals surface area contributed by atoms with Gasteiger partial charge in [-0.1, -0.05) is 53.4 Å². The largest absolute Gasteiger partial charge is 0.455 e. The molecule has 12 fully saturated rings. The summed E-state index contributed by atoms with van der Waals surface area (Å²) in [6.07, 6.45) is 28.4. The molecule has 0 bridgehead atoms. The van der Waals surface area contributed by atoms with Crippen LogP contribution < -0.4 is 22.9 Å². The fourth-order valence-electron chi connectivity index (χ4n) is 22.1. The van der Waals surface area contributed by atoms with E-state index in [2.05, 4.69) is 79.4 Å². The van der Waals surface area contributed by atoms with Gasteiger partial charge in [0.05, 0.1) is 43.2 Å². The van der Waals surface area contributed by atoms with Crippen LogP contribution in [0, 0.1) is 11.8 Å². The van der Waals surface area contributed by atoms with Crippen LogP contribution in [-0.4, -0.2) is 414 Å². The standard InChI is InChI=1S/2C26H39N7O5S.2C22H33N7O4S/c1-16(2)25(34)37-21-20(38-26(35)32-11-7-17(8-12-32)31-9-5-4-6-10-31)18(13-39-3)36-24(21)33-15-30-19-22(27)28-14-29-23(19)33;1-16(2)25(34)37-20-18(13-39-3)36-24(33-15-30-19-22(27)28-14-29-23(19)33)21(20)38-26(35)32-11-7-17(8-12-32)31-9-5-4-6-10-31;1-34-11-15-18(17(30)21(32-15)29-13-26-16-19(23)24-12-25-20(16)29)33-22(31)28-9-5-14(6-10-28)27-7-3-2-4-8-27;1-34-11-15-17(30)18(21(32-15)29-13-26-16-19(23)24-12-25-20(16)29)33-22(31)28-9-5-14(6-10-28)27-7-3-2-4-8-27/h2*14-18,20-21,24H,4-13H2,1-3H3,(H2,27,28,29);2*12-15,17-18,21,30H,2-11H2,1H3,(H2,23,24,25)/t2*18-,20-,21-,24-;2*15-,17-,18-,21-/m1111/s1. The van der Waals surface area contributed by atoms with Crippen molar-refractivity contribution >= 4 is 151 Å². The Balaban J connectivity index is 0.000000133. The fourth-order valence-corrected chi connectivity index (χ4v) is 24.5. The van der Waals surface area contributed by atoms with E-state index in [1.54, 1.807) is 132 Å². The normalized spacial score (nSPS) is 27.9. The van der Waals surface area contributed by atoms with Crippen molar-refractivity contribution in [3.05, 3.63) is 50.6 Å². The van der Waals surface area contributed by atoms with Crippen LogP contribution in [0.25, 0.3) is 44.7 Å². The molecule has 20 rings (SSSR count). The number of fused-ring (bicyclic) bond motifs is 4. The quantitative estimate of drug-likeness (QED) is 0.0244. The number of aliphatic hydroxyl groups is 2. The smallest absolute Gasteiger partial charge is 0.410 e. The summed E-state index contributed by atoms with van der Waals surface area (Å²) in [7, 11) is 0. The van der Waals surface area contributed by atoms with Crippen molar-refractivity contribution in [1.29, 1.82) is 0 Å². The Labute approximate surface area is 866 Å². The number of ether oxygens (including phenoxy) is 10. The third-order valence-corrected chi connectivity index (χ3v) is 32.7. The number of esters is 2. The van der Waals surface area contributed by atoms with Crippen molar-refractivity contribution in [3.8, 4) is 0 Å². The second-order valence-electron chi connectivity index (χ2n) is 40.2. The van der Waals surface area contributed by atoms with Crippen LogP contribution in [-0.2, 0) is 57.0 Å². The Kier molecular flexibility index (Phi) is 37.1. The van der Waals surface area contributed by atoms with E-state index in [9.17, 15) is 39.0 Å². The number of hydrogen-bond acceptors (Lipinski definition) is 42. The van der Waals surface area contributed by atoms with Crippen LogP contribution in [0.4, 0.5) is 42.4 Å². The van der Waals surface area contributed by atoms with Crippen molar-refractivity contribution in [2.45, 2.75) is 278 Å². The summed E-state index contributed by atoms with van der Waals surface area (Å²) < 4.78 is 67.7. The highest BCUT2D eigenvalue weighted by Gasteiger charge is 2.56. The monoisotopic (exact) mass is 2110 g/mol. The van der Waals surface area contributed by atoms with Crippen LogP contribution >= 0.6 is 47.0 Å². The minimum absolute atomic E-state index is 0.240. The van der Waals surface area contributed by atoms with Gasteiger partial charge in [-0.05, 0) is 180 Å². The van der Waals surface area contributed by atoms with E-state index in [1.165, 1.54) is 109 Å². The second kappa shape index (κ2) is 50.4. The lowest BCUT2D eigenvalue weighted by atomic mass is 10.0. The molecule has 0 aromatic carbocycles. The van der Waals surface area contributed by atoms with Gasteiger partial charge in [0.25, 0.3) is 0 Å². The van der Waals surface area contributed by atoms with Gasteiger partial charge in [0, 0.05) is 99.5 Å². The zero-order chi connectivity index (χ0) is 102. The predicted molar refractivity (Wildman–Crippen MR) is 551 cm³/mol. The first kappa shape index (κ1) is 108. The molecule has 4 amide bonds. The molecule has 12 aliphatic rings. The number of nitrogens with two attached hydrogens (primary N) is 4. The number of thioether (sulfide) groups is 4. The lowest BCUT2D eigenvalue weighted by Crippen LogP contribution is -2.50. The Morgan fingerprint density at radius 3 is 0.856 bits per heavy atom. The number of likely N-dealkylation sites (tertiary alicyclic amines) is 8. The highest BCUT2D eigenvalue weighted by atomic mass is 32.2. The summed E-state index contributed by atoms with van der Waals surface area (Å²) in [5.41, 5.74) is 27.4. The predicted octanol–water partition coefficient (Wildman–Crippen LogP) is 8.36. The molecule has 8 aromatic heterocycles. The fraction of sp³-hybridized carbons (Fsp3) is 0.729. The maximum absolute atomic E-state index is 13.5. The zero-order valence-electron chi connectivity index (χ0n) is 84.7. The molecule has 0 saturated carbocycles. The maximum Gasteiger partial charge on any atom is 0.410 e. The van der Waals surface area contributed by atoms with E-state index in [0.717, 1.165) is 104 Å². The molecule has 0 aliphatic carbocycles. The molecular formula is C96H144N28O18S4. The lowest BCUT2D eigenvalue weighted by molar-refractivity contribution is -0.162. The van der Waals surface area contributed by atoms with Gasteiger partial charge < -0.3 is 120 Å². The number of anilines is 4.